The van der Waals surface area contributed by atoms with Crippen LogP contribution in [0.2, 0.25) is 0 Å². The SMILES string of the molecule is CCC[C@H]1C(=O)N[C@@H]([C@@H](C)CC)C(=O)N(C)CC(=O)N(C)[C@@H]2C/C=C\CCN(C2=O)[C@@H](Cc2ccc(C(F)(F)F)cc2)C(=O)N(C)CC(=O)N[C@@H](CCc2ccc(C(F)(F)F)c(OC)c2)C(=O)N2C[C@H](OCC)C[C@H]2C(=O)N(C)C2(CCC2)C(=O)N(C)[C@@H](C2CCCC2)C(=O)N(C)[C@H](C(=O)N2CCCCC2)CC(=O)N1C. The van der Waals surface area contributed by atoms with Gasteiger partial charge in [-0.05, 0) is 138 Å². The van der Waals surface area contributed by atoms with Crippen molar-refractivity contribution in [3.05, 3.63) is 76.9 Å². The largest absolute Gasteiger partial charge is 0.496 e. The Hall–Kier alpha value is -8.84. The third kappa shape index (κ3) is 20.5. The van der Waals surface area contributed by atoms with Crippen LogP contribution in [0, 0.1) is 11.8 Å². The minimum Gasteiger partial charge on any atom is -0.496 e. The molecule has 12 amide bonds. The number of carbonyl (C=O) groups excluding carboxylic acids is 12. The molecule has 0 aromatic heterocycles. The molecule has 2 aromatic carbocycles. The minimum atomic E-state index is -4.82. The van der Waals surface area contributed by atoms with E-state index in [1.807, 2.05) is 0 Å². The molecule has 4 heterocycles. The molecule has 3 saturated heterocycles. The summed E-state index contributed by atoms with van der Waals surface area (Å²) in [4.78, 5) is 196. The molecule has 2 N–H and O–H groups in total. The van der Waals surface area contributed by atoms with Crippen molar-refractivity contribution in [3.63, 3.8) is 0 Å². The first-order valence-electron chi connectivity index (χ1n) is 38.9. The van der Waals surface area contributed by atoms with Crippen molar-refractivity contribution in [1.82, 2.24) is 59.6 Å². The van der Waals surface area contributed by atoms with E-state index >= 15 is 38.4 Å². The summed E-state index contributed by atoms with van der Waals surface area (Å²) in [6.45, 7) is 5.88. The lowest BCUT2D eigenvalue weighted by atomic mass is 9.73. The number of nitrogens with one attached hydrogen (secondary N) is 2. The molecule has 2 bridgehead atoms. The average molecular weight is 1570 g/mol. The van der Waals surface area contributed by atoms with Gasteiger partial charge in [-0.25, -0.2) is 0 Å². The highest BCUT2D eigenvalue weighted by Gasteiger charge is 2.57. The molecule has 1 spiro atoms. The Morgan fingerprint density at radius 2 is 1.28 bits per heavy atom. The van der Waals surface area contributed by atoms with E-state index in [4.69, 9.17) is 9.47 Å². The fourth-order valence-electron chi connectivity index (χ4n) is 16.4. The van der Waals surface area contributed by atoms with Gasteiger partial charge >= 0.3 is 12.4 Å². The first-order valence-corrected chi connectivity index (χ1v) is 38.9. The summed E-state index contributed by atoms with van der Waals surface area (Å²) in [6, 6.07) is -4.17. The van der Waals surface area contributed by atoms with E-state index in [2.05, 4.69) is 10.6 Å². The van der Waals surface area contributed by atoms with E-state index in [9.17, 15) is 45.5 Å². The highest BCUT2D eigenvalue weighted by Crippen LogP contribution is 2.43. The molecular formula is C79H112F6N12O14. The zero-order chi connectivity index (χ0) is 81.7. The maximum atomic E-state index is 15.9. The predicted octanol–water partition coefficient (Wildman–Crippen LogP) is 6.49. The van der Waals surface area contributed by atoms with Gasteiger partial charge in [0.25, 0.3) is 0 Å². The van der Waals surface area contributed by atoms with Gasteiger partial charge in [-0.1, -0.05) is 76.8 Å². The number of alkyl halides is 6. The fraction of sp³-hybridized carbons (Fsp3) is 0.671. The minimum absolute atomic E-state index is 0.0838. The van der Waals surface area contributed by atoms with Crippen LogP contribution in [0.15, 0.2) is 54.6 Å². The van der Waals surface area contributed by atoms with Gasteiger partial charge in [-0.3, -0.25) is 57.5 Å². The molecule has 2 aliphatic carbocycles. The molecule has 0 radical (unpaired) electrons. The zero-order valence-corrected chi connectivity index (χ0v) is 66.1. The molecule has 8 rings (SSSR count). The molecule has 0 unspecified atom stereocenters. The number of fused-ring (bicyclic) bond motifs is 3. The summed E-state index contributed by atoms with van der Waals surface area (Å²) >= 11 is 0. The number of carbonyl (C=O) groups is 12. The molecule has 32 heteroatoms. The highest BCUT2D eigenvalue weighted by atomic mass is 19.4. The van der Waals surface area contributed by atoms with E-state index in [1.54, 1.807) is 44.7 Å². The highest BCUT2D eigenvalue weighted by molar-refractivity contribution is 6.01. The van der Waals surface area contributed by atoms with E-state index in [0.717, 1.165) is 64.6 Å². The second-order valence-electron chi connectivity index (χ2n) is 30.8. The number of likely N-dealkylation sites (tertiary alicyclic amines) is 1. The number of halogens is 6. The molecule has 2 saturated carbocycles. The number of methoxy groups -OCH3 is 1. The van der Waals surface area contributed by atoms with Gasteiger partial charge in [-0.2, -0.15) is 26.3 Å². The number of benzene rings is 2. The van der Waals surface area contributed by atoms with Crippen molar-refractivity contribution in [3.8, 4) is 5.75 Å². The molecule has 4 aliphatic heterocycles. The quantitative estimate of drug-likeness (QED) is 0.151. The topological polar surface area (TPSA) is 280 Å². The average Bonchev–Trinajstić information content (AvgIpc) is 1.64. The van der Waals surface area contributed by atoms with Crippen LogP contribution in [0.5, 0.6) is 5.75 Å². The Balaban J connectivity index is 1.24. The van der Waals surface area contributed by atoms with E-state index in [-0.39, 0.29) is 82.2 Å². The van der Waals surface area contributed by atoms with E-state index in [0.29, 0.717) is 70.9 Å². The van der Waals surface area contributed by atoms with Crippen molar-refractivity contribution in [2.24, 2.45) is 11.8 Å². The Bertz CT molecular complexity index is 3720. The summed E-state index contributed by atoms with van der Waals surface area (Å²) < 4.78 is 96.0. The lowest BCUT2D eigenvalue weighted by Crippen LogP contribution is -2.68. The molecule has 614 valence electrons. The molecule has 111 heavy (non-hydrogen) atoms. The van der Waals surface area contributed by atoms with Gasteiger partial charge in [0.05, 0.1) is 43.9 Å². The molecule has 5 fully saturated rings. The first kappa shape index (κ1) is 87.7. The Labute approximate surface area is 646 Å². The number of hydrogen-bond donors (Lipinski definition) is 2. The maximum Gasteiger partial charge on any atom is 0.419 e. The normalized spacial score (nSPS) is 26.6. The molecule has 10 atom stereocenters. The van der Waals surface area contributed by atoms with Crippen molar-refractivity contribution in [2.75, 3.05) is 102 Å². The van der Waals surface area contributed by atoms with Crippen LogP contribution in [0.4, 0.5) is 26.3 Å². The van der Waals surface area contributed by atoms with Gasteiger partial charge in [0.1, 0.15) is 59.6 Å². The van der Waals surface area contributed by atoms with Crippen LogP contribution < -0.4 is 15.4 Å². The van der Waals surface area contributed by atoms with Crippen LogP contribution >= 0.6 is 0 Å². The van der Waals surface area contributed by atoms with Crippen LogP contribution in [-0.2, 0) is 87.5 Å². The van der Waals surface area contributed by atoms with Crippen LogP contribution in [-0.4, -0.2) is 282 Å². The summed E-state index contributed by atoms with van der Waals surface area (Å²) in [7, 11) is 10.7. The van der Waals surface area contributed by atoms with Crippen LogP contribution in [0.25, 0.3) is 0 Å². The van der Waals surface area contributed by atoms with Crippen LogP contribution in [0.1, 0.15) is 166 Å². The number of aryl methyl sites for hydroxylation is 1. The number of piperidine rings is 1. The predicted molar refractivity (Wildman–Crippen MR) is 397 cm³/mol. The van der Waals surface area contributed by atoms with Crippen molar-refractivity contribution < 1.29 is 93.4 Å². The third-order valence-corrected chi connectivity index (χ3v) is 23.6. The zero-order valence-electron chi connectivity index (χ0n) is 66.1. The molecular weight excluding hydrogens is 1450 g/mol. The van der Waals surface area contributed by atoms with Gasteiger partial charge in [0.15, 0.2) is 0 Å². The first-order chi connectivity index (χ1) is 52.4. The summed E-state index contributed by atoms with van der Waals surface area (Å²) in [5, 5.41) is 5.59. The Morgan fingerprint density at radius 1 is 0.631 bits per heavy atom. The lowest BCUT2D eigenvalue weighted by molar-refractivity contribution is -0.166. The standard InChI is InChI=1S/C79H112F6N12O14/c1-13-25-57-68(101)87-66(49(4)14-2)74(107)89(6)48-65(100)91(8)58-28-18-16-23-41-96(73(58)106)60(42-50-29-33-53(34-30-50)78(80,81)82)70(103)88(5)47-63(98)86-56(36-32-51-31-35-55(79(83,84)85)62(43-51)110-12)69(102)97-46-54(111-15-3)44-61(97)71(104)94(11)77(37-24-38-77)76(109)93(10)67(52-26-19-20-27-52)75(108)92(9)59(45-64(99)90(57)7)72(105)95-39-21-17-22-40-95/h16,18,29-31,33-35,43,49,52,54,56-61,66-67H,13-15,17,19-28,32,36-42,44-48H2,1-12H3,(H,86,98)(H,87,101)/b18-16-/t49-,54+,56-,57-,58+,59-,60-,61-,66-,67-/m0/s1. The number of likely N-dealkylation sites (N-methyl/N-ethyl adjacent to an activating group) is 7. The molecule has 2 aromatic rings. The fourth-order valence-corrected chi connectivity index (χ4v) is 16.4. The van der Waals surface area contributed by atoms with Gasteiger partial charge < -0.3 is 69.1 Å². The maximum absolute atomic E-state index is 15.9. The number of rotatable bonds is 14. The smallest absolute Gasteiger partial charge is 0.419 e. The van der Waals surface area contributed by atoms with Crippen molar-refractivity contribution in [1.29, 1.82) is 0 Å². The second-order valence-corrected chi connectivity index (χ2v) is 30.8. The number of nitrogens with zero attached hydrogens (tertiary/aromatic N) is 10. The molecule has 6 aliphatic rings. The van der Waals surface area contributed by atoms with Gasteiger partial charge in [-0.15, -0.1) is 0 Å². The summed E-state index contributed by atoms with van der Waals surface area (Å²) in [5.74, 6) is -10.5. The number of ether oxygens (including phenoxy) is 2. The van der Waals surface area contributed by atoms with Crippen molar-refractivity contribution >= 4 is 70.9 Å². The Morgan fingerprint density at radius 3 is 1.87 bits per heavy atom. The Kier molecular flexibility index (Phi) is 30.1. The third-order valence-electron chi connectivity index (χ3n) is 23.6. The van der Waals surface area contributed by atoms with Gasteiger partial charge in [0.2, 0.25) is 70.9 Å². The number of hydrogen-bond acceptors (Lipinski definition) is 14. The summed E-state index contributed by atoms with van der Waals surface area (Å²) in [6.07, 6.45) is -2.60. The van der Waals surface area contributed by atoms with Crippen LogP contribution in [0.3, 0.4) is 0 Å². The molecule has 26 nitrogen and oxygen atoms in total. The summed E-state index contributed by atoms with van der Waals surface area (Å²) in [5.41, 5.74) is -3.32. The van der Waals surface area contributed by atoms with Crippen molar-refractivity contribution in [2.45, 2.75) is 228 Å². The monoisotopic (exact) mass is 1570 g/mol. The second kappa shape index (κ2) is 38.1. The van der Waals surface area contributed by atoms with Gasteiger partial charge in [0, 0.05) is 95.0 Å². The van der Waals surface area contributed by atoms with E-state index in [1.165, 1.54) is 84.8 Å². The lowest BCUT2D eigenvalue weighted by Gasteiger charge is -2.51. The number of amides is 12. The van der Waals surface area contributed by atoms with E-state index < -0.39 is 198 Å².